The van der Waals surface area contributed by atoms with Crippen molar-refractivity contribution in [2.45, 2.75) is 51.5 Å². The molecule has 2 unspecified atom stereocenters. The first-order chi connectivity index (χ1) is 8.95. The predicted octanol–water partition coefficient (Wildman–Crippen LogP) is 1.33. The fourth-order valence-electron chi connectivity index (χ4n) is 2.50. The fraction of sp³-hybridized carbons (Fsp3) is 1.00. The van der Waals surface area contributed by atoms with Crippen molar-refractivity contribution in [2.24, 2.45) is 5.92 Å². The molecule has 0 spiro atoms. The Hall–Kier alpha value is -0.170. The van der Waals surface area contributed by atoms with Gasteiger partial charge < -0.3 is 5.32 Å². The molecular formula is C13H29N3O2S. The van der Waals surface area contributed by atoms with Crippen LogP contribution in [0.2, 0.25) is 0 Å². The summed E-state index contributed by atoms with van der Waals surface area (Å²) in [4.78, 5) is 0. The van der Waals surface area contributed by atoms with Crippen LogP contribution in [-0.4, -0.2) is 45.9 Å². The number of nitrogens with one attached hydrogen (secondary N) is 2. The molecule has 5 nitrogen and oxygen atoms in total. The van der Waals surface area contributed by atoms with Crippen LogP contribution in [0.4, 0.5) is 0 Å². The van der Waals surface area contributed by atoms with Gasteiger partial charge in [-0.3, -0.25) is 0 Å². The van der Waals surface area contributed by atoms with Crippen LogP contribution in [-0.2, 0) is 10.2 Å². The van der Waals surface area contributed by atoms with E-state index in [0.717, 1.165) is 44.6 Å². The molecule has 1 aliphatic carbocycles. The van der Waals surface area contributed by atoms with Crippen LogP contribution in [0, 0.1) is 5.92 Å². The Kier molecular flexibility index (Phi) is 7.28. The van der Waals surface area contributed by atoms with Crippen LogP contribution in [0.25, 0.3) is 0 Å². The molecule has 1 aliphatic rings. The summed E-state index contributed by atoms with van der Waals surface area (Å²) in [6.45, 7) is 3.64. The Morgan fingerprint density at radius 3 is 2.63 bits per heavy atom. The number of hydrogen-bond acceptors (Lipinski definition) is 3. The lowest BCUT2D eigenvalue weighted by molar-refractivity contribution is 0.426. The van der Waals surface area contributed by atoms with E-state index in [2.05, 4.69) is 17.0 Å². The second-order valence-electron chi connectivity index (χ2n) is 5.71. The van der Waals surface area contributed by atoms with Gasteiger partial charge in [0.25, 0.3) is 10.2 Å². The van der Waals surface area contributed by atoms with E-state index < -0.39 is 10.2 Å². The van der Waals surface area contributed by atoms with Gasteiger partial charge in [0.05, 0.1) is 0 Å². The minimum Gasteiger partial charge on any atom is -0.320 e. The molecule has 1 fully saturated rings. The first kappa shape index (κ1) is 16.9. The van der Waals surface area contributed by atoms with E-state index in [1.165, 1.54) is 10.7 Å². The minimum atomic E-state index is -3.32. The third kappa shape index (κ3) is 6.21. The minimum absolute atomic E-state index is 0.113. The van der Waals surface area contributed by atoms with Crippen LogP contribution in [0.3, 0.4) is 0 Å². The van der Waals surface area contributed by atoms with Crippen molar-refractivity contribution in [3.05, 3.63) is 0 Å². The van der Waals surface area contributed by atoms with Gasteiger partial charge in [-0.1, -0.05) is 19.8 Å². The summed E-state index contributed by atoms with van der Waals surface area (Å²) in [6.07, 6.45) is 6.22. The molecule has 0 amide bonds. The Morgan fingerprint density at radius 2 is 1.95 bits per heavy atom. The summed E-state index contributed by atoms with van der Waals surface area (Å²) >= 11 is 0. The zero-order valence-electron chi connectivity index (χ0n) is 12.5. The van der Waals surface area contributed by atoms with E-state index in [1.807, 2.05) is 7.05 Å². The van der Waals surface area contributed by atoms with E-state index in [1.54, 1.807) is 7.05 Å². The van der Waals surface area contributed by atoms with E-state index in [0.29, 0.717) is 6.54 Å². The van der Waals surface area contributed by atoms with Crippen LogP contribution >= 0.6 is 0 Å². The first-order valence-corrected chi connectivity index (χ1v) is 8.78. The zero-order valence-corrected chi connectivity index (χ0v) is 13.3. The van der Waals surface area contributed by atoms with Crippen LogP contribution in [0.1, 0.15) is 45.4 Å². The lowest BCUT2D eigenvalue weighted by atomic mass is 10.0. The molecule has 0 aromatic rings. The molecule has 0 radical (unpaired) electrons. The fourth-order valence-corrected chi connectivity index (χ4v) is 3.71. The summed E-state index contributed by atoms with van der Waals surface area (Å²) in [6, 6.07) is 0.113. The molecule has 1 rings (SSSR count). The van der Waals surface area contributed by atoms with Gasteiger partial charge >= 0.3 is 0 Å². The number of hydrogen-bond donors (Lipinski definition) is 2. The largest absolute Gasteiger partial charge is 0.320 e. The predicted molar refractivity (Wildman–Crippen MR) is 79.3 cm³/mol. The average molecular weight is 291 g/mol. The van der Waals surface area contributed by atoms with E-state index >= 15 is 0 Å². The van der Waals surface area contributed by atoms with Crippen molar-refractivity contribution >= 4 is 10.2 Å². The third-order valence-corrected chi connectivity index (χ3v) is 5.52. The van der Waals surface area contributed by atoms with Gasteiger partial charge in [0.1, 0.15) is 0 Å². The maximum Gasteiger partial charge on any atom is 0.279 e. The molecule has 2 N–H and O–H groups in total. The highest BCUT2D eigenvalue weighted by atomic mass is 32.2. The molecule has 0 saturated heterocycles. The molecule has 0 aliphatic heterocycles. The topological polar surface area (TPSA) is 61.4 Å². The number of rotatable bonds is 7. The quantitative estimate of drug-likeness (QED) is 0.549. The summed E-state index contributed by atoms with van der Waals surface area (Å²) < 4.78 is 28.7. The molecule has 0 aromatic heterocycles. The van der Waals surface area contributed by atoms with Crippen molar-refractivity contribution < 1.29 is 8.42 Å². The molecule has 114 valence electrons. The van der Waals surface area contributed by atoms with Crippen molar-refractivity contribution in [1.29, 1.82) is 0 Å². The molecule has 0 heterocycles. The van der Waals surface area contributed by atoms with Gasteiger partial charge in [-0.15, -0.1) is 0 Å². The first-order valence-electron chi connectivity index (χ1n) is 7.34. The van der Waals surface area contributed by atoms with Crippen LogP contribution in [0.15, 0.2) is 0 Å². The van der Waals surface area contributed by atoms with Crippen molar-refractivity contribution in [2.75, 3.05) is 27.2 Å². The summed E-state index contributed by atoms with van der Waals surface area (Å²) in [5.41, 5.74) is 0. The smallest absolute Gasteiger partial charge is 0.279 e. The van der Waals surface area contributed by atoms with Crippen molar-refractivity contribution in [3.63, 3.8) is 0 Å². The number of nitrogens with zero attached hydrogens (tertiary/aromatic N) is 1. The Morgan fingerprint density at radius 1 is 1.21 bits per heavy atom. The lowest BCUT2D eigenvalue weighted by Crippen LogP contribution is -2.44. The van der Waals surface area contributed by atoms with Gasteiger partial charge in [-0.05, 0) is 45.2 Å². The summed E-state index contributed by atoms with van der Waals surface area (Å²) in [7, 11) is 0.206. The van der Waals surface area contributed by atoms with Crippen molar-refractivity contribution in [1.82, 2.24) is 14.3 Å². The van der Waals surface area contributed by atoms with E-state index in [-0.39, 0.29) is 6.04 Å². The van der Waals surface area contributed by atoms with Crippen LogP contribution < -0.4 is 10.0 Å². The van der Waals surface area contributed by atoms with Crippen molar-refractivity contribution in [3.8, 4) is 0 Å². The van der Waals surface area contributed by atoms with Gasteiger partial charge in [-0.2, -0.15) is 17.4 Å². The lowest BCUT2D eigenvalue weighted by Gasteiger charge is -2.22. The second kappa shape index (κ2) is 8.19. The van der Waals surface area contributed by atoms with Crippen LogP contribution in [0.5, 0.6) is 0 Å². The van der Waals surface area contributed by atoms with Gasteiger partial charge in [-0.25, -0.2) is 0 Å². The third-order valence-electron chi connectivity index (χ3n) is 3.88. The summed E-state index contributed by atoms with van der Waals surface area (Å²) in [5, 5.41) is 3.03. The van der Waals surface area contributed by atoms with Gasteiger partial charge in [0.15, 0.2) is 0 Å². The molecule has 1 saturated carbocycles. The van der Waals surface area contributed by atoms with E-state index in [9.17, 15) is 8.42 Å². The SMILES string of the molecule is CNCCCN(C)S(=O)(=O)NC1CCCC(C)CC1. The Balaban J connectivity index is 2.44. The van der Waals surface area contributed by atoms with Gasteiger partial charge in [0.2, 0.25) is 0 Å². The zero-order chi connectivity index (χ0) is 14.3. The van der Waals surface area contributed by atoms with Gasteiger partial charge in [0, 0.05) is 19.6 Å². The maximum absolute atomic E-state index is 12.2. The Bertz CT molecular complexity index is 346. The normalized spacial score (nSPS) is 25.5. The highest BCUT2D eigenvalue weighted by Gasteiger charge is 2.24. The molecule has 19 heavy (non-hydrogen) atoms. The second-order valence-corrected chi connectivity index (χ2v) is 7.52. The standard InChI is InChI=1S/C13H29N3O2S/c1-12-6-4-7-13(9-8-12)15-19(17,18)16(3)11-5-10-14-2/h12-15H,4-11H2,1-3H3. The Labute approximate surface area is 118 Å². The maximum atomic E-state index is 12.2. The summed E-state index contributed by atoms with van der Waals surface area (Å²) in [5.74, 6) is 0.725. The highest BCUT2D eigenvalue weighted by Crippen LogP contribution is 2.23. The molecule has 6 heteroatoms. The average Bonchev–Trinajstić information content (AvgIpc) is 2.54. The molecule has 2 atom stereocenters. The highest BCUT2D eigenvalue weighted by molar-refractivity contribution is 7.87. The van der Waals surface area contributed by atoms with E-state index in [4.69, 9.17) is 0 Å². The molecular weight excluding hydrogens is 262 g/mol. The molecule has 0 bridgehead atoms. The molecule has 0 aromatic carbocycles. The monoisotopic (exact) mass is 291 g/mol.